The number of amides is 2. The second kappa shape index (κ2) is 5.84. The van der Waals surface area contributed by atoms with Crippen LogP contribution in [-0.2, 0) is 11.3 Å². The van der Waals surface area contributed by atoms with Crippen LogP contribution in [0, 0.1) is 0 Å². The fourth-order valence-electron chi connectivity index (χ4n) is 4.38. The first kappa shape index (κ1) is 17.1. The van der Waals surface area contributed by atoms with Crippen LogP contribution < -0.4 is 4.74 Å². The fraction of sp³-hybridized carbons (Fsp3) is 0.611. The molecule has 1 fully saturated rings. The maximum Gasteiger partial charge on any atom is 0.321 e. The van der Waals surface area contributed by atoms with Gasteiger partial charge in [-0.25, -0.2) is 4.79 Å². The SMILES string of the molecule is CCn1c(O)c2c(c1O)[C@@H]1N(C(=O)N3CCOCC3)CC(C)=C[C@]1(C)O2. The largest absolute Gasteiger partial charge is 0.494 e. The number of fused-ring (bicyclic) bond motifs is 3. The fourth-order valence-corrected chi connectivity index (χ4v) is 4.38. The van der Waals surface area contributed by atoms with Crippen LogP contribution >= 0.6 is 0 Å². The molecule has 1 saturated heterocycles. The Bertz CT molecular complexity index is 780. The molecule has 0 bridgehead atoms. The predicted molar refractivity (Wildman–Crippen MR) is 93.5 cm³/mol. The predicted octanol–water partition coefficient (Wildman–Crippen LogP) is 1.83. The molecule has 3 aliphatic heterocycles. The monoisotopic (exact) mass is 363 g/mol. The molecule has 26 heavy (non-hydrogen) atoms. The highest BCUT2D eigenvalue weighted by molar-refractivity contribution is 5.77. The minimum atomic E-state index is -0.823. The molecule has 142 valence electrons. The Morgan fingerprint density at radius 2 is 2.00 bits per heavy atom. The zero-order valence-corrected chi connectivity index (χ0v) is 15.4. The second-order valence-corrected chi connectivity index (χ2v) is 7.32. The lowest BCUT2D eigenvalue weighted by atomic mass is 9.86. The molecule has 0 radical (unpaired) electrons. The zero-order chi connectivity index (χ0) is 18.6. The van der Waals surface area contributed by atoms with Crippen LogP contribution in [0.25, 0.3) is 0 Å². The average molecular weight is 363 g/mol. The van der Waals surface area contributed by atoms with Gasteiger partial charge in [0.1, 0.15) is 11.6 Å². The third-order valence-corrected chi connectivity index (χ3v) is 5.45. The van der Waals surface area contributed by atoms with Gasteiger partial charge in [0.2, 0.25) is 11.8 Å². The number of rotatable bonds is 1. The van der Waals surface area contributed by atoms with Crippen molar-refractivity contribution in [3.8, 4) is 17.5 Å². The van der Waals surface area contributed by atoms with E-state index in [0.29, 0.717) is 45.0 Å². The van der Waals surface area contributed by atoms with Crippen molar-refractivity contribution in [2.24, 2.45) is 0 Å². The molecule has 3 aliphatic rings. The van der Waals surface area contributed by atoms with Crippen molar-refractivity contribution in [1.82, 2.24) is 14.4 Å². The van der Waals surface area contributed by atoms with Gasteiger partial charge in [0.05, 0.1) is 18.8 Å². The maximum absolute atomic E-state index is 13.2. The number of carbonyl (C=O) groups excluding carboxylic acids is 1. The van der Waals surface area contributed by atoms with E-state index in [1.165, 1.54) is 4.57 Å². The molecule has 2 N–H and O–H groups in total. The number of aromatic nitrogens is 1. The summed E-state index contributed by atoms with van der Waals surface area (Å²) in [4.78, 5) is 16.7. The van der Waals surface area contributed by atoms with Crippen LogP contribution in [0.5, 0.6) is 17.5 Å². The summed E-state index contributed by atoms with van der Waals surface area (Å²) in [6.45, 7) is 8.67. The van der Waals surface area contributed by atoms with E-state index >= 15 is 0 Å². The van der Waals surface area contributed by atoms with Crippen LogP contribution in [0.1, 0.15) is 32.4 Å². The molecule has 8 nitrogen and oxygen atoms in total. The summed E-state index contributed by atoms with van der Waals surface area (Å²) in [6.07, 6.45) is 1.98. The van der Waals surface area contributed by atoms with Crippen LogP contribution in [0.2, 0.25) is 0 Å². The first-order valence-electron chi connectivity index (χ1n) is 9.02. The first-order valence-corrected chi connectivity index (χ1v) is 9.02. The highest BCUT2D eigenvalue weighted by Gasteiger charge is 2.55. The van der Waals surface area contributed by atoms with Crippen LogP contribution in [0.15, 0.2) is 11.6 Å². The summed E-state index contributed by atoms with van der Waals surface area (Å²) in [5, 5.41) is 21.1. The Hall–Kier alpha value is -2.35. The molecular weight excluding hydrogens is 338 g/mol. The molecule has 2 amide bonds. The number of ether oxygens (including phenoxy) is 2. The smallest absolute Gasteiger partial charge is 0.321 e. The number of nitrogens with zero attached hydrogens (tertiary/aromatic N) is 3. The number of morpholine rings is 1. The van der Waals surface area contributed by atoms with Crippen molar-refractivity contribution in [3.63, 3.8) is 0 Å². The lowest BCUT2D eigenvalue weighted by Gasteiger charge is -2.43. The van der Waals surface area contributed by atoms with Crippen molar-refractivity contribution < 1.29 is 24.5 Å². The number of urea groups is 1. The lowest BCUT2D eigenvalue weighted by molar-refractivity contribution is 0.0186. The third kappa shape index (κ3) is 2.28. The number of carbonyl (C=O) groups is 1. The van der Waals surface area contributed by atoms with Crippen LogP contribution in [-0.4, -0.2) is 69.1 Å². The highest BCUT2D eigenvalue weighted by Crippen LogP contribution is 2.58. The summed E-state index contributed by atoms with van der Waals surface area (Å²) < 4.78 is 12.8. The molecule has 0 aromatic carbocycles. The molecule has 4 heterocycles. The van der Waals surface area contributed by atoms with Gasteiger partial charge in [-0.2, -0.15) is 0 Å². The van der Waals surface area contributed by atoms with E-state index in [1.54, 1.807) is 9.80 Å². The van der Waals surface area contributed by atoms with Gasteiger partial charge in [-0.15, -0.1) is 0 Å². The zero-order valence-electron chi connectivity index (χ0n) is 15.4. The van der Waals surface area contributed by atoms with E-state index in [2.05, 4.69) is 0 Å². The van der Waals surface area contributed by atoms with Crippen molar-refractivity contribution in [2.75, 3.05) is 32.8 Å². The highest BCUT2D eigenvalue weighted by atomic mass is 16.5. The Morgan fingerprint density at radius 3 is 2.65 bits per heavy atom. The summed E-state index contributed by atoms with van der Waals surface area (Å²) in [5.41, 5.74) is 0.673. The van der Waals surface area contributed by atoms with E-state index in [9.17, 15) is 15.0 Å². The Morgan fingerprint density at radius 1 is 1.31 bits per heavy atom. The molecule has 0 unspecified atom stereocenters. The number of hydrogen-bond donors (Lipinski definition) is 2. The average Bonchev–Trinajstić information content (AvgIpc) is 3.04. The lowest BCUT2D eigenvalue weighted by Crippen LogP contribution is -2.55. The second-order valence-electron chi connectivity index (χ2n) is 7.32. The van der Waals surface area contributed by atoms with Crippen LogP contribution in [0.4, 0.5) is 4.79 Å². The normalized spacial score (nSPS) is 27.7. The number of aromatic hydroxyl groups is 2. The van der Waals surface area contributed by atoms with Gasteiger partial charge in [-0.1, -0.05) is 5.57 Å². The van der Waals surface area contributed by atoms with E-state index in [4.69, 9.17) is 9.47 Å². The van der Waals surface area contributed by atoms with Crippen molar-refractivity contribution in [1.29, 1.82) is 0 Å². The van der Waals surface area contributed by atoms with Gasteiger partial charge in [-0.3, -0.25) is 4.57 Å². The van der Waals surface area contributed by atoms with Crippen molar-refractivity contribution in [2.45, 2.75) is 39.0 Å². The van der Waals surface area contributed by atoms with Crippen LogP contribution in [0.3, 0.4) is 0 Å². The molecule has 2 atom stereocenters. The van der Waals surface area contributed by atoms with E-state index in [0.717, 1.165) is 5.57 Å². The van der Waals surface area contributed by atoms with Gasteiger partial charge >= 0.3 is 6.03 Å². The molecule has 8 heteroatoms. The third-order valence-electron chi connectivity index (χ3n) is 5.45. The van der Waals surface area contributed by atoms with Gasteiger partial charge in [-0.05, 0) is 26.8 Å². The summed E-state index contributed by atoms with van der Waals surface area (Å²) in [6, 6.07) is -0.591. The van der Waals surface area contributed by atoms with E-state index in [1.807, 2.05) is 26.8 Å². The summed E-state index contributed by atoms with van der Waals surface area (Å²) in [7, 11) is 0. The van der Waals surface area contributed by atoms with Gasteiger partial charge < -0.3 is 29.5 Å². The molecule has 0 saturated carbocycles. The standard InChI is InChI=1S/C18H25N3O5/c1-4-20-15(22)12-13(16(20)23)26-18(3)9-11(2)10-21(14(12)18)17(24)19-5-7-25-8-6-19/h9,14,22-23H,4-8,10H2,1-3H3/t14-,18-/m0/s1. The Labute approximate surface area is 152 Å². The van der Waals surface area contributed by atoms with Gasteiger partial charge in [0, 0.05) is 26.2 Å². The minimum Gasteiger partial charge on any atom is -0.494 e. The molecule has 0 aliphatic carbocycles. The molecule has 1 aromatic heterocycles. The van der Waals surface area contributed by atoms with E-state index in [-0.39, 0.29) is 23.5 Å². The molecule has 1 aromatic rings. The quantitative estimate of drug-likeness (QED) is 0.743. The Balaban J connectivity index is 1.78. The topological polar surface area (TPSA) is 87.4 Å². The summed E-state index contributed by atoms with van der Waals surface area (Å²) in [5.74, 6) is 0.129. The van der Waals surface area contributed by atoms with Gasteiger partial charge in [0.25, 0.3) is 0 Å². The molecule has 4 rings (SSSR count). The molecule has 0 spiro atoms. The maximum atomic E-state index is 13.2. The van der Waals surface area contributed by atoms with E-state index < -0.39 is 11.6 Å². The summed E-state index contributed by atoms with van der Waals surface area (Å²) >= 11 is 0. The van der Waals surface area contributed by atoms with Gasteiger partial charge in [0.15, 0.2) is 5.75 Å². The first-order chi connectivity index (χ1) is 12.4. The van der Waals surface area contributed by atoms with Crippen molar-refractivity contribution in [3.05, 3.63) is 17.2 Å². The van der Waals surface area contributed by atoms with Crippen molar-refractivity contribution >= 4 is 6.03 Å². The Kier molecular flexibility index (Phi) is 3.83. The minimum absolute atomic E-state index is 0.0403. The molecular formula is C18H25N3O5. The number of hydrogen-bond acceptors (Lipinski definition) is 5.